The van der Waals surface area contributed by atoms with Crippen molar-refractivity contribution in [3.8, 4) is 0 Å². The van der Waals surface area contributed by atoms with Crippen molar-refractivity contribution in [1.29, 1.82) is 0 Å². The Labute approximate surface area is 207 Å². The van der Waals surface area contributed by atoms with Crippen molar-refractivity contribution in [2.75, 3.05) is 31.3 Å². The molecule has 0 unspecified atom stereocenters. The lowest BCUT2D eigenvalue weighted by atomic mass is 10.2. The zero-order valence-corrected chi connectivity index (χ0v) is 20.3. The lowest BCUT2D eigenvalue weighted by Gasteiger charge is -2.12. The van der Waals surface area contributed by atoms with E-state index >= 15 is 0 Å². The number of amides is 2. The highest BCUT2D eigenvalue weighted by Gasteiger charge is 2.17. The van der Waals surface area contributed by atoms with Crippen molar-refractivity contribution in [1.82, 2.24) is 19.9 Å². The first-order valence-electron chi connectivity index (χ1n) is 11.0. The number of fused-ring (bicyclic) bond motifs is 3. The third kappa shape index (κ3) is 5.19. The van der Waals surface area contributed by atoms with Crippen LogP contribution in [0.3, 0.4) is 0 Å². The number of halogens is 2. The van der Waals surface area contributed by atoms with Gasteiger partial charge in [-0.25, -0.2) is 14.8 Å². The van der Waals surface area contributed by atoms with E-state index in [0.29, 0.717) is 46.6 Å². The molecule has 0 saturated heterocycles. The lowest BCUT2D eigenvalue weighted by Crippen LogP contribution is -2.29. The van der Waals surface area contributed by atoms with E-state index in [9.17, 15) is 4.79 Å². The molecule has 2 aromatic carbocycles. The number of urea groups is 1. The van der Waals surface area contributed by atoms with Crippen LogP contribution in [0.1, 0.15) is 18.7 Å². The number of carbonyl (C=O) groups excluding carboxylic acids is 1. The highest BCUT2D eigenvalue weighted by molar-refractivity contribution is 6.39. The van der Waals surface area contributed by atoms with Crippen LogP contribution in [-0.2, 0) is 17.7 Å². The first kappa shape index (κ1) is 24.1. The number of nitrogens with zero attached hydrogens (tertiary/aromatic N) is 3. The molecule has 0 radical (unpaired) electrons. The van der Waals surface area contributed by atoms with Crippen LogP contribution >= 0.6 is 23.2 Å². The van der Waals surface area contributed by atoms with E-state index in [2.05, 4.69) is 20.2 Å². The Morgan fingerprint density at radius 1 is 1.09 bits per heavy atom. The van der Waals surface area contributed by atoms with Crippen molar-refractivity contribution >= 4 is 62.7 Å². The Balaban J connectivity index is 1.44. The standard InChI is InChI=1S/C24H26Cl2N6O2/c1-34-14-11-19-30-21-22(15-7-2-3-10-18(15)29-23(21)27)32(19)13-5-4-12-28-24(33)31-20-16(25)8-6-9-17(20)26/h2-3,6-10H,4-5,11-14H2,1H3,(H2,27,29)(H2,28,31,33). The number of unbranched alkanes of at least 4 members (excludes halogenated alkanes) is 1. The number of imidazole rings is 1. The molecular formula is C24H26Cl2N6O2. The second kappa shape index (κ2) is 10.9. The molecule has 0 bridgehead atoms. The summed E-state index contributed by atoms with van der Waals surface area (Å²) < 4.78 is 7.47. The van der Waals surface area contributed by atoms with Crippen molar-refractivity contribution < 1.29 is 9.53 Å². The van der Waals surface area contributed by atoms with Crippen LogP contribution in [0.25, 0.3) is 21.9 Å². The number of hydrogen-bond acceptors (Lipinski definition) is 5. The van der Waals surface area contributed by atoms with Crippen molar-refractivity contribution in [3.63, 3.8) is 0 Å². The number of nitrogens with one attached hydrogen (secondary N) is 2. The number of methoxy groups -OCH3 is 1. The van der Waals surface area contributed by atoms with Gasteiger partial charge in [-0.15, -0.1) is 0 Å². The smallest absolute Gasteiger partial charge is 0.319 e. The minimum Gasteiger partial charge on any atom is -0.384 e. The van der Waals surface area contributed by atoms with Crippen LogP contribution in [-0.4, -0.2) is 40.8 Å². The lowest BCUT2D eigenvalue weighted by molar-refractivity contribution is 0.199. The summed E-state index contributed by atoms with van der Waals surface area (Å²) in [5.41, 5.74) is 9.16. The van der Waals surface area contributed by atoms with Crippen molar-refractivity contribution in [2.24, 2.45) is 0 Å². The fourth-order valence-electron chi connectivity index (χ4n) is 3.90. The summed E-state index contributed by atoms with van der Waals surface area (Å²) in [6.45, 7) is 1.78. The predicted octanol–water partition coefficient (Wildman–Crippen LogP) is 5.26. The number of nitrogens with two attached hydrogens (primary N) is 1. The molecule has 4 rings (SSSR count). The van der Waals surface area contributed by atoms with E-state index in [-0.39, 0.29) is 6.03 Å². The minimum atomic E-state index is -0.353. The second-order valence-corrected chi connectivity index (χ2v) is 8.63. The predicted molar refractivity (Wildman–Crippen MR) is 138 cm³/mol. The number of ether oxygens (including phenoxy) is 1. The molecule has 0 fully saturated rings. The first-order valence-corrected chi connectivity index (χ1v) is 11.8. The number of aryl methyl sites for hydroxylation is 1. The van der Waals surface area contributed by atoms with Gasteiger partial charge in [0.05, 0.1) is 33.4 Å². The van der Waals surface area contributed by atoms with E-state index in [1.165, 1.54) is 0 Å². The number of para-hydroxylation sites is 2. The van der Waals surface area contributed by atoms with E-state index in [0.717, 1.165) is 41.6 Å². The first-order chi connectivity index (χ1) is 16.5. The largest absolute Gasteiger partial charge is 0.384 e. The number of benzene rings is 2. The van der Waals surface area contributed by atoms with Gasteiger partial charge >= 0.3 is 6.03 Å². The SMILES string of the molecule is COCCc1nc2c(N)nc3ccccc3c2n1CCCCNC(=O)Nc1c(Cl)cccc1Cl. The fraction of sp³-hybridized carbons (Fsp3) is 0.292. The number of anilines is 2. The Bertz CT molecular complexity index is 1300. The average Bonchev–Trinajstić information content (AvgIpc) is 3.19. The molecule has 4 N–H and O–H groups in total. The molecule has 178 valence electrons. The maximum atomic E-state index is 12.3. The summed E-state index contributed by atoms with van der Waals surface area (Å²) in [6.07, 6.45) is 2.26. The zero-order valence-electron chi connectivity index (χ0n) is 18.8. The zero-order chi connectivity index (χ0) is 24.1. The van der Waals surface area contributed by atoms with Gasteiger partial charge in [0.25, 0.3) is 0 Å². The molecule has 0 aliphatic heterocycles. The second-order valence-electron chi connectivity index (χ2n) is 7.82. The van der Waals surface area contributed by atoms with Gasteiger partial charge in [0.2, 0.25) is 0 Å². The normalized spacial score (nSPS) is 11.3. The molecule has 2 aromatic heterocycles. The molecule has 2 heterocycles. The summed E-state index contributed by atoms with van der Waals surface area (Å²) in [7, 11) is 1.67. The molecule has 10 heteroatoms. The van der Waals surface area contributed by atoms with Crippen LogP contribution in [0.5, 0.6) is 0 Å². The van der Waals surface area contributed by atoms with Crippen LogP contribution in [0.2, 0.25) is 10.0 Å². The molecule has 8 nitrogen and oxygen atoms in total. The van der Waals surface area contributed by atoms with E-state index in [1.54, 1.807) is 25.3 Å². The maximum absolute atomic E-state index is 12.3. The molecule has 0 aliphatic carbocycles. The Morgan fingerprint density at radius 3 is 2.62 bits per heavy atom. The summed E-state index contributed by atoms with van der Waals surface area (Å²) in [5, 5.41) is 7.34. The van der Waals surface area contributed by atoms with Crippen LogP contribution in [0, 0.1) is 0 Å². The molecule has 0 saturated carbocycles. The number of hydrogen-bond donors (Lipinski definition) is 3. The van der Waals surface area contributed by atoms with Gasteiger partial charge < -0.3 is 25.7 Å². The maximum Gasteiger partial charge on any atom is 0.319 e. The average molecular weight is 501 g/mol. The van der Waals surface area contributed by atoms with Gasteiger partial charge in [-0.3, -0.25) is 0 Å². The quantitative estimate of drug-likeness (QED) is 0.271. The highest BCUT2D eigenvalue weighted by Crippen LogP contribution is 2.30. The van der Waals surface area contributed by atoms with Gasteiger partial charge in [0.15, 0.2) is 5.82 Å². The molecule has 0 spiro atoms. The van der Waals surface area contributed by atoms with Gasteiger partial charge in [0.1, 0.15) is 11.3 Å². The van der Waals surface area contributed by atoms with Crippen molar-refractivity contribution in [2.45, 2.75) is 25.8 Å². The number of pyridine rings is 1. The Morgan fingerprint density at radius 2 is 1.85 bits per heavy atom. The van der Waals surface area contributed by atoms with Crippen LogP contribution in [0.4, 0.5) is 16.3 Å². The monoisotopic (exact) mass is 500 g/mol. The van der Waals surface area contributed by atoms with Gasteiger partial charge in [-0.1, -0.05) is 47.5 Å². The number of rotatable bonds is 9. The number of aromatic nitrogens is 3. The summed E-state index contributed by atoms with van der Waals surface area (Å²) in [4.78, 5) is 21.5. The molecule has 34 heavy (non-hydrogen) atoms. The van der Waals surface area contributed by atoms with E-state index < -0.39 is 0 Å². The summed E-state index contributed by atoms with van der Waals surface area (Å²) in [5.74, 6) is 1.32. The summed E-state index contributed by atoms with van der Waals surface area (Å²) in [6, 6.07) is 12.6. The molecule has 0 aliphatic rings. The Hall–Kier alpha value is -3.07. The van der Waals surface area contributed by atoms with Crippen molar-refractivity contribution in [3.05, 3.63) is 58.3 Å². The van der Waals surface area contributed by atoms with Crippen LogP contribution in [0.15, 0.2) is 42.5 Å². The van der Waals surface area contributed by atoms with E-state index in [4.69, 9.17) is 38.7 Å². The minimum absolute atomic E-state index is 0.353. The molecular weight excluding hydrogens is 475 g/mol. The number of nitrogen functional groups attached to an aromatic ring is 1. The molecule has 4 aromatic rings. The molecule has 0 atom stereocenters. The van der Waals surface area contributed by atoms with Gasteiger partial charge in [-0.2, -0.15) is 0 Å². The topological polar surface area (TPSA) is 107 Å². The highest BCUT2D eigenvalue weighted by atomic mass is 35.5. The van der Waals surface area contributed by atoms with E-state index in [1.807, 2.05) is 24.3 Å². The fourth-order valence-corrected chi connectivity index (χ4v) is 4.39. The third-order valence-electron chi connectivity index (χ3n) is 5.51. The molecule has 2 amide bonds. The van der Waals surface area contributed by atoms with Gasteiger partial charge in [-0.05, 0) is 31.0 Å². The van der Waals surface area contributed by atoms with Crippen LogP contribution < -0.4 is 16.4 Å². The third-order valence-corrected chi connectivity index (χ3v) is 6.14. The number of carbonyl (C=O) groups is 1. The summed E-state index contributed by atoms with van der Waals surface area (Å²) >= 11 is 12.2. The van der Waals surface area contributed by atoms with Gasteiger partial charge in [0, 0.05) is 32.0 Å². The Kier molecular flexibility index (Phi) is 7.72.